The van der Waals surface area contributed by atoms with Gasteiger partial charge in [-0.05, 0) is 118 Å². The summed E-state index contributed by atoms with van der Waals surface area (Å²) in [5.41, 5.74) is 1.75. The molecule has 0 saturated heterocycles. The van der Waals surface area contributed by atoms with Crippen LogP contribution in [0, 0.1) is 23.2 Å². The van der Waals surface area contributed by atoms with Gasteiger partial charge in [0.05, 0.1) is 6.10 Å². The zero-order valence-electron chi connectivity index (χ0n) is 25.1. The summed E-state index contributed by atoms with van der Waals surface area (Å²) in [6.45, 7) is 3.89. The molecule has 0 spiro atoms. The van der Waals surface area contributed by atoms with E-state index in [2.05, 4.69) is 18.9 Å². The van der Waals surface area contributed by atoms with Crippen molar-refractivity contribution in [3.8, 4) is 5.75 Å². The van der Waals surface area contributed by atoms with Crippen LogP contribution in [-0.4, -0.2) is 59.6 Å². The molecule has 2 fully saturated rings. The predicted octanol–water partition coefficient (Wildman–Crippen LogP) is 8.81. The highest BCUT2D eigenvalue weighted by atomic mass is 19.4. The van der Waals surface area contributed by atoms with E-state index >= 15 is 4.39 Å². The second kappa shape index (κ2) is 13.7. The number of fused-ring (bicyclic) bond motifs is 5. The van der Waals surface area contributed by atoms with Crippen molar-refractivity contribution in [1.29, 1.82) is 0 Å². The van der Waals surface area contributed by atoms with Crippen LogP contribution in [0.4, 0.5) is 26.3 Å². The molecule has 9 heteroatoms. The molecule has 0 amide bonds. The summed E-state index contributed by atoms with van der Waals surface area (Å²) in [4.78, 5) is 2.24. The monoisotopic (exact) mass is 605 g/mol. The van der Waals surface area contributed by atoms with Gasteiger partial charge in [-0.25, -0.2) is 4.39 Å². The Morgan fingerprint density at radius 3 is 2.26 bits per heavy atom. The van der Waals surface area contributed by atoms with Crippen LogP contribution in [0.3, 0.4) is 0 Å². The number of hydrogen-bond donors (Lipinski definition) is 2. The van der Waals surface area contributed by atoms with Crippen LogP contribution in [-0.2, 0) is 6.42 Å². The predicted molar refractivity (Wildman–Crippen MR) is 153 cm³/mol. The topological polar surface area (TPSA) is 43.7 Å². The Hall–Kier alpha value is -1.48. The molecule has 4 rings (SSSR count). The third kappa shape index (κ3) is 7.41. The normalized spacial score (nSPS) is 31.2. The number of phenolic OH excluding ortho intramolecular Hbond substituents is 1. The smallest absolute Gasteiger partial charge is 0.453 e. The first-order valence-electron chi connectivity index (χ1n) is 16.0. The molecule has 1 aromatic rings. The maximum atomic E-state index is 15.9. The van der Waals surface area contributed by atoms with Crippen molar-refractivity contribution in [3.63, 3.8) is 0 Å². The molecular formula is C33H49F6NO2. The maximum Gasteiger partial charge on any atom is 0.453 e. The van der Waals surface area contributed by atoms with E-state index < -0.39 is 30.8 Å². The third-order valence-corrected chi connectivity index (χ3v) is 10.8. The van der Waals surface area contributed by atoms with E-state index in [9.17, 15) is 32.2 Å². The number of benzene rings is 1. The summed E-state index contributed by atoms with van der Waals surface area (Å²) in [5.74, 6) is -3.70. The van der Waals surface area contributed by atoms with Gasteiger partial charge in [0.1, 0.15) is 11.9 Å². The summed E-state index contributed by atoms with van der Waals surface area (Å²) in [7, 11) is 2.05. The zero-order chi connectivity index (χ0) is 30.7. The minimum absolute atomic E-state index is 0.121. The molecule has 0 aliphatic heterocycles. The highest BCUT2D eigenvalue weighted by Crippen LogP contribution is 2.63. The number of alkyl halides is 6. The maximum absolute atomic E-state index is 15.9. The van der Waals surface area contributed by atoms with Crippen LogP contribution >= 0.6 is 0 Å². The van der Waals surface area contributed by atoms with Gasteiger partial charge in [-0.2, -0.15) is 22.0 Å². The Bertz CT molecular complexity index is 1020. The number of nitrogens with zero attached hydrogens (tertiary/aromatic N) is 1. The van der Waals surface area contributed by atoms with Crippen molar-refractivity contribution in [2.75, 3.05) is 20.1 Å². The van der Waals surface area contributed by atoms with Gasteiger partial charge >= 0.3 is 12.1 Å². The van der Waals surface area contributed by atoms with Gasteiger partial charge in [-0.3, -0.25) is 0 Å². The average Bonchev–Trinajstić information content (AvgIpc) is 3.20. The highest BCUT2D eigenvalue weighted by molar-refractivity contribution is 5.41. The Labute approximate surface area is 247 Å². The highest BCUT2D eigenvalue weighted by Gasteiger charge is 2.60. The van der Waals surface area contributed by atoms with E-state index in [1.807, 2.05) is 12.1 Å². The first-order valence-corrected chi connectivity index (χ1v) is 16.0. The first-order chi connectivity index (χ1) is 19.7. The SMILES string of the molecule is CN(CCCCCCCC(F)(F)C(F)(F)F)CCCCCC1Cc2cc(O)ccc2C2C1C1CC[C@H](O)C1(C)C[C@@H]2F. The van der Waals surface area contributed by atoms with Crippen LogP contribution in [0.5, 0.6) is 5.75 Å². The molecule has 3 aliphatic rings. The zero-order valence-corrected chi connectivity index (χ0v) is 25.1. The van der Waals surface area contributed by atoms with Gasteiger partial charge in [0.2, 0.25) is 0 Å². The van der Waals surface area contributed by atoms with E-state index in [-0.39, 0.29) is 29.4 Å². The Morgan fingerprint density at radius 1 is 0.929 bits per heavy atom. The summed E-state index contributed by atoms with van der Waals surface area (Å²) >= 11 is 0. The molecule has 2 saturated carbocycles. The van der Waals surface area contributed by atoms with Crippen molar-refractivity contribution in [1.82, 2.24) is 4.90 Å². The number of unbranched alkanes of at least 4 members (excludes halogenated alkanes) is 6. The van der Waals surface area contributed by atoms with E-state index in [1.54, 1.807) is 6.07 Å². The second-order valence-corrected chi connectivity index (χ2v) is 13.7. The Balaban J connectivity index is 1.19. The molecule has 0 radical (unpaired) electrons. The van der Waals surface area contributed by atoms with Gasteiger partial charge in [-0.15, -0.1) is 0 Å². The summed E-state index contributed by atoms with van der Waals surface area (Å²) < 4.78 is 78.5. The molecule has 42 heavy (non-hydrogen) atoms. The largest absolute Gasteiger partial charge is 0.508 e. The van der Waals surface area contributed by atoms with Crippen LogP contribution in [0.1, 0.15) is 107 Å². The van der Waals surface area contributed by atoms with Crippen LogP contribution in [0.25, 0.3) is 0 Å². The molecule has 1 aromatic carbocycles. The molecule has 7 atom stereocenters. The molecule has 3 nitrogen and oxygen atoms in total. The lowest BCUT2D eigenvalue weighted by Crippen LogP contribution is -2.51. The van der Waals surface area contributed by atoms with E-state index in [4.69, 9.17) is 0 Å². The number of aliphatic hydroxyl groups excluding tert-OH is 1. The summed E-state index contributed by atoms with van der Waals surface area (Å²) in [6.07, 6.45) is 1.64. The minimum Gasteiger partial charge on any atom is -0.508 e. The number of aromatic hydroxyl groups is 1. The summed E-state index contributed by atoms with van der Waals surface area (Å²) in [6, 6.07) is 5.41. The lowest BCUT2D eigenvalue weighted by Gasteiger charge is -2.54. The van der Waals surface area contributed by atoms with Gasteiger partial charge in [0.25, 0.3) is 0 Å². The summed E-state index contributed by atoms with van der Waals surface area (Å²) in [5, 5.41) is 20.9. The van der Waals surface area contributed by atoms with E-state index in [1.165, 1.54) is 0 Å². The molecule has 2 N–H and O–H groups in total. The Morgan fingerprint density at radius 2 is 1.57 bits per heavy atom. The molecule has 0 aromatic heterocycles. The van der Waals surface area contributed by atoms with Crippen molar-refractivity contribution in [2.45, 2.75) is 127 Å². The lowest BCUT2D eigenvalue weighted by molar-refractivity contribution is -0.284. The van der Waals surface area contributed by atoms with Crippen LogP contribution in [0.15, 0.2) is 18.2 Å². The standard InChI is InChI=1S/C33H49F6NO2/c1-31-21-27(34)30-25-13-12-24(41)20-23(25)19-22(29(30)26(31)14-15-28(31)42)11-7-6-10-18-40(2)17-9-5-3-4-8-16-32(35,36)33(37,38)39/h12-13,20,22,26-30,41-42H,3-11,14-19,21H2,1-2H3/t22?,26?,27-,28-,29?,30?,31?/m0/s1. The van der Waals surface area contributed by atoms with Crippen molar-refractivity contribution in [2.24, 2.45) is 23.2 Å². The number of rotatable bonds is 14. The molecular weight excluding hydrogens is 556 g/mol. The Kier molecular flexibility index (Phi) is 10.9. The number of aliphatic hydroxyl groups is 1. The number of phenols is 1. The van der Waals surface area contributed by atoms with Crippen molar-refractivity contribution in [3.05, 3.63) is 29.3 Å². The average molecular weight is 606 g/mol. The fraction of sp³-hybridized carbons (Fsp3) is 0.818. The molecule has 0 heterocycles. The van der Waals surface area contributed by atoms with Gasteiger partial charge in [0.15, 0.2) is 0 Å². The first kappa shape index (κ1) is 33.4. The third-order valence-electron chi connectivity index (χ3n) is 10.8. The lowest BCUT2D eigenvalue weighted by atomic mass is 9.51. The molecule has 5 unspecified atom stereocenters. The van der Waals surface area contributed by atoms with E-state index in [0.29, 0.717) is 31.1 Å². The quantitative estimate of drug-likeness (QED) is 0.165. The number of hydrogen-bond acceptors (Lipinski definition) is 3. The number of halogens is 6. The molecule has 0 bridgehead atoms. The fourth-order valence-electron chi connectivity index (χ4n) is 8.51. The van der Waals surface area contributed by atoms with Gasteiger partial charge in [0, 0.05) is 12.3 Å². The van der Waals surface area contributed by atoms with Crippen LogP contribution < -0.4 is 0 Å². The minimum atomic E-state index is -5.46. The van der Waals surface area contributed by atoms with Gasteiger partial charge < -0.3 is 15.1 Å². The van der Waals surface area contributed by atoms with Crippen molar-refractivity contribution < 1.29 is 36.6 Å². The van der Waals surface area contributed by atoms with Crippen molar-refractivity contribution >= 4 is 0 Å². The van der Waals surface area contributed by atoms with Gasteiger partial charge in [-0.1, -0.05) is 45.1 Å². The molecule has 240 valence electrons. The second-order valence-electron chi connectivity index (χ2n) is 13.7. The van der Waals surface area contributed by atoms with E-state index in [0.717, 1.165) is 82.0 Å². The van der Waals surface area contributed by atoms with Crippen LogP contribution in [0.2, 0.25) is 0 Å². The molecule has 3 aliphatic carbocycles. The fourth-order valence-corrected chi connectivity index (χ4v) is 8.51.